The zero-order valence-electron chi connectivity index (χ0n) is 16.4. The molecular formula is C21H19F3N4O2. The first-order valence-corrected chi connectivity index (χ1v) is 9.17. The van der Waals surface area contributed by atoms with Crippen LogP contribution in [0.5, 0.6) is 5.75 Å². The second-order valence-corrected chi connectivity index (χ2v) is 7.26. The lowest BCUT2D eigenvalue weighted by Gasteiger charge is -2.19. The molecule has 4 N–H and O–H groups in total. The molecule has 2 heterocycles. The van der Waals surface area contributed by atoms with E-state index >= 15 is 0 Å². The monoisotopic (exact) mass is 416 g/mol. The number of rotatable bonds is 3. The van der Waals surface area contributed by atoms with E-state index in [-0.39, 0.29) is 11.4 Å². The molecule has 0 aliphatic rings. The number of hydrogen-bond donors (Lipinski definition) is 3. The summed E-state index contributed by atoms with van der Waals surface area (Å²) >= 11 is 0. The Morgan fingerprint density at radius 1 is 1.07 bits per heavy atom. The number of halogens is 3. The molecule has 1 unspecified atom stereocenters. The molecule has 0 saturated carbocycles. The minimum absolute atomic E-state index is 0.0189. The summed E-state index contributed by atoms with van der Waals surface area (Å²) in [6.45, 7) is 5.18. The fourth-order valence-corrected chi connectivity index (χ4v) is 3.49. The third kappa shape index (κ3) is 3.47. The van der Waals surface area contributed by atoms with Gasteiger partial charge in [0.1, 0.15) is 17.4 Å². The van der Waals surface area contributed by atoms with Crippen LogP contribution in [0.15, 0.2) is 34.7 Å². The summed E-state index contributed by atoms with van der Waals surface area (Å²) in [4.78, 5) is 8.87. The summed E-state index contributed by atoms with van der Waals surface area (Å²) in [6, 6.07) is 6.14. The molecule has 0 amide bonds. The van der Waals surface area contributed by atoms with E-state index in [2.05, 4.69) is 15.3 Å². The molecule has 9 heteroatoms. The average molecular weight is 416 g/mol. The number of furan rings is 1. The van der Waals surface area contributed by atoms with Crippen LogP contribution in [-0.4, -0.2) is 15.1 Å². The van der Waals surface area contributed by atoms with Gasteiger partial charge in [-0.05, 0) is 56.7 Å². The number of benzene rings is 2. The van der Waals surface area contributed by atoms with E-state index < -0.39 is 17.8 Å². The Balaban J connectivity index is 1.82. The number of nitrogen functional groups attached to an aromatic ring is 1. The van der Waals surface area contributed by atoms with Gasteiger partial charge in [-0.15, -0.1) is 0 Å². The first-order chi connectivity index (χ1) is 14.0. The van der Waals surface area contributed by atoms with E-state index in [1.165, 1.54) is 12.1 Å². The molecule has 0 aliphatic heterocycles. The van der Waals surface area contributed by atoms with Crippen molar-refractivity contribution in [2.75, 3.05) is 11.1 Å². The van der Waals surface area contributed by atoms with Gasteiger partial charge < -0.3 is 20.6 Å². The van der Waals surface area contributed by atoms with Crippen molar-refractivity contribution in [1.82, 2.24) is 9.97 Å². The number of fused-ring (bicyclic) bond motifs is 3. The molecular weight excluding hydrogens is 397 g/mol. The van der Waals surface area contributed by atoms with E-state index in [1.54, 1.807) is 26.8 Å². The third-order valence-corrected chi connectivity index (χ3v) is 4.84. The predicted octanol–water partition coefficient (Wildman–Crippen LogP) is 5.47. The fourth-order valence-electron chi connectivity index (χ4n) is 3.49. The van der Waals surface area contributed by atoms with Gasteiger partial charge in [0.2, 0.25) is 0 Å². The Bertz CT molecular complexity index is 1280. The lowest BCUT2D eigenvalue weighted by molar-refractivity contribution is -0.137. The predicted molar refractivity (Wildman–Crippen MR) is 108 cm³/mol. The second kappa shape index (κ2) is 6.79. The maximum Gasteiger partial charge on any atom is 0.416 e. The molecule has 4 aromatic rings. The van der Waals surface area contributed by atoms with Crippen LogP contribution in [0, 0.1) is 13.8 Å². The van der Waals surface area contributed by atoms with Crippen molar-refractivity contribution in [2.45, 2.75) is 33.0 Å². The Hall–Kier alpha value is -3.49. The lowest BCUT2D eigenvalue weighted by atomic mass is 10.0. The number of alkyl halides is 3. The van der Waals surface area contributed by atoms with Crippen LogP contribution >= 0.6 is 0 Å². The SMILES string of the molecule is Cc1nc(NC(C)c2cc(N)cc(C(F)(F)F)c2)c2cc(O)c3oc(C)cc3c2n1. The number of nitrogens with two attached hydrogens (primary N) is 1. The maximum atomic E-state index is 13.2. The van der Waals surface area contributed by atoms with E-state index in [0.717, 1.165) is 12.1 Å². The van der Waals surface area contributed by atoms with Crippen LogP contribution in [0.4, 0.5) is 24.7 Å². The highest BCUT2D eigenvalue weighted by atomic mass is 19.4. The zero-order valence-corrected chi connectivity index (χ0v) is 16.4. The molecule has 1 atom stereocenters. The largest absolute Gasteiger partial charge is 0.504 e. The number of hydrogen-bond acceptors (Lipinski definition) is 6. The molecule has 0 radical (unpaired) electrons. The smallest absolute Gasteiger partial charge is 0.416 e. The standard InChI is InChI=1S/C21H19F3N4O2/c1-9-4-15-18-16(8-17(29)19(15)30-9)20(28-11(3)27-18)26-10(2)12-5-13(21(22,23)24)7-14(25)6-12/h4-8,10,29H,25H2,1-3H3,(H,26,27,28). The molecule has 6 nitrogen and oxygen atoms in total. The number of aromatic hydroxyl groups is 1. The Morgan fingerprint density at radius 3 is 2.50 bits per heavy atom. The summed E-state index contributed by atoms with van der Waals surface area (Å²) < 4.78 is 45.0. The second-order valence-electron chi connectivity index (χ2n) is 7.26. The van der Waals surface area contributed by atoms with Crippen LogP contribution in [0.3, 0.4) is 0 Å². The Kier molecular flexibility index (Phi) is 4.48. The lowest BCUT2D eigenvalue weighted by Crippen LogP contribution is -2.12. The fraction of sp³-hybridized carbons (Fsp3) is 0.238. The van der Waals surface area contributed by atoms with Gasteiger partial charge in [-0.25, -0.2) is 9.97 Å². The quantitative estimate of drug-likeness (QED) is 0.383. The van der Waals surface area contributed by atoms with Crippen molar-refractivity contribution in [2.24, 2.45) is 0 Å². The minimum atomic E-state index is -4.50. The summed E-state index contributed by atoms with van der Waals surface area (Å²) in [5, 5.41) is 14.7. The van der Waals surface area contributed by atoms with E-state index in [0.29, 0.717) is 44.8 Å². The molecule has 0 spiro atoms. The minimum Gasteiger partial charge on any atom is -0.504 e. The number of nitrogens with one attached hydrogen (secondary N) is 1. The van der Waals surface area contributed by atoms with Gasteiger partial charge in [-0.3, -0.25) is 0 Å². The third-order valence-electron chi connectivity index (χ3n) is 4.84. The molecule has 30 heavy (non-hydrogen) atoms. The molecule has 0 bridgehead atoms. The van der Waals surface area contributed by atoms with Gasteiger partial charge in [-0.2, -0.15) is 13.2 Å². The van der Waals surface area contributed by atoms with Crippen LogP contribution in [0.1, 0.15) is 35.7 Å². The first-order valence-electron chi connectivity index (χ1n) is 9.17. The molecule has 0 fully saturated rings. The molecule has 2 aromatic carbocycles. The van der Waals surface area contributed by atoms with Gasteiger partial charge in [0.05, 0.1) is 22.5 Å². The van der Waals surface area contributed by atoms with Crippen molar-refractivity contribution in [3.8, 4) is 5.75 Å². The molecule has 0 saturated heterocycles. The number of anilines is 2. The molecule has 2 aromatic heterocycles. The highest BCUT2D eigenvalue weighted by Crippen LogP contribution is 2.38. The first kappa shape index (κ1) is 19.8. The van der Waals surface area contributed by atoms with Crippen molar-refractivity contribution in [3.05, 3.63) is 53.0 Å². The average Bonchev–Trinajstić information content (AvgIpc) is 3.04. The number of aryl methyl sites for hydroxylation is 2. The number of phenolic OH excluding ortho intramolecular Hbond substituents is 1. The van der Waals surface area contributed by atoms with Crippen LogP contribution in [0.25, 0.3) is 21.9 Å². The maximum absolute atomic E-state index is 13.2. The zero-order chi connectivity index (χ0) is 21.8. The highest BCUT2D eigenvalue weighted by molar-refractivity contribution is 6.09. The summed E-state index contributed by atoms with van der Waals surface area (Å²) in [6.07, 6.45) is -4.50. The van der Waals surface area contributed by atoms with E-state index in [9.17, 15) is 18.3 Å². The van der Waals surface area contributed by atoms with Gasteiger partial charge in [-0.1, -0.05) is 0 Å². The van der Waals surface area contributed by atoms with Crippen molar-refractivity contribution < 1.29 is 22.7 Å². The normalized spacial score (nSPS) is 13.1. The molecule has 4 rings (SSSR count). The van der Waals surface area contributed by atoms with Crippen molar-refractivity contribution in [1.29, 1.82) is 0 Å². The van der Waals surface area contributed by atoms with Gasteiger partial charge in [0, 0.05) is 11.1 Å². The summed E-state index contributed by atoms with van der Waals surface area (Å²) in [5.74, 6) is 1.40. The van der Waals surface area contributed by atoms with Crippen LogP contribution in [-0.2, 0) is 6.18 Å². The van der Waals surface area contributed by atoms with Gasteiger partial charge >= 0.3 is 6.18 Å². The molecule has 0 aliphatic carbocycles. The number of nitrogens with zero attached hydrogens (tertiary/aromatic N) is 2. The Morgan fingerprint density at radius 2 is 1.80 bits per heavy atom. The summed E-state index contributed by atoms with van der Waals surface area (Å²) in [5.41, 5.74) is 6.15. The number of phenols is 1. The Labute approximate surface area is 169 Å². The van der Waals surface area contributed by atoms with Crippen LogP contribution in [0.2, 0.25) is 0 Å². The summed E-state index contributed by atoms with van der Waals surface area (Å²) in [7, 11) is 0. The van der Waals surface area contributed by atoms with Crippen molar-refractivity contribution >= 4 is 33.4 Å². The molecule has 156 valence electrons. The van der Waals surface area contributed by atoms with E-state index in [1.807, 2.05) is 0 Å². The van der Waals surface area contributed by atoms with E-state index in [4.69, 9.17) is 10.2 Å². The highest BCUT2D eigenvalue weighted by Gasteiger charge is 2.31. The topological polar surface area (TPSA) is 97.2 Å². The van der Waals surface area contributed by atoms with Crippen LogP contribution < -0.4 is 11.1 Å². The number of aromatic nitrogens is 2. The van der Waals surface area contributed by atoms with Gasteiger partial charge in [0.25, 0.3) is 0 Å². The van der Waals surface area contributed by atoms with Gasteiger partial charge in [0.15, 0.2) is 11.3 Å². The van der Waals surface area contributed by atoms with Crippen molar-refractivity contribution in [3.63, 3.8) is 0 Å².